The van der Waals surface area contributed by atoms with Crippen molar-refractivity contribution in [1.29, 1.82) is 0 Å². The molecule has 33 heavy (non-hydrogen) atoms. The Bertz CT molecular complexity index is 1330. The number of carbonyl (C=O) groups excluding carboxylic acids is 2. The van der Waals surface area contributed by atoms with Crippen molar-refractivity contribution >= 4 is 34.0 Å². The number of nitrogens with two attached hydrogens (primary N) is 1. The zero-order chi connectivity index (χ0) is 23.4. The third kappa shape index (κ3) is 5.04. The van der Waals surface area contributed by atoms with E-state index in [9.17, 15) is 9.59 Å². The van der Waals surface area contributed by atoms with Gasteiger partial charge in [0.25, 0.3) is 5.91 Å². The van der Waals surface area contributed by atoms with Crippen molar-refractivity contribution in [2.45, 2.75) is 19.8 Å². The molecule has 0 saturated carbocycles. The highest BCUT2D eigenvalue weighted by atomic mass is 16.5. The molecule has 0 saturated heterocycles. The lowest BCUT2D eigenvalue weighted by molar-refractivity contribution is 0.0600. The standard InChI is InChI=1S/C28H26N2O3/c1-18-15-24(30-27(31)25-16-22-5-3-4-6-23(22)17-26(25)29)14-13-20(18)10-7-19-8-11-21(12-9-19)28(32)33-2/h3-6,8-9,11-17H,7,10,29H2,1-2H3,(H,30,31). The fraction of sp³-hybridized carbons (Fsp3) is 0.143. The lowest BCUT2D eigenvalue weighted by Crippen LogP contribution is -2.14. The average Bonchev–Trinajstić information content (AvgIpc) is 2.83. The summed E-state index contributed by atoms with van der Waals surface area (Å²) in [4.78, 5) is 24.4. The van der Waals surface area contributed by atoms with E-state index in [1.165, 1.54) is 12.7 Å². The molecule has 4 aromatic rings. The quantitative estimate of drug-likeness (QED) is 0.305. The van der Waals surface area contributed by atoms with Crippen molar-refractivity contribution in [3.05, 3.63) is 107 Å². The van der Waals surface area contributed by atoms with Crippen LogP contribution in [0, 0.1) is 6.92 Å². The van der Waals surface area contributed by atoms with Crippen LogP contribution in [0.4, 0.5) is 11.4 Å². The van der Waals surface area contributed by atoms with Crippen molar-refractivity contribution < 1.29 is 14.3 Å². The molecule has 0 fully saturated rings. The molecule has 0 aliphatic rings. The number of nitrogens with one attached hydrogen (secondary N) is 1. The first-order valence-electron chi connectivity index (χ1n) is 10.8. The lowest BCUT2D eigenvalue weighted by atomic mass is 9.99. The highest BCUT2D eigenvalue weighted by Crippen LogP contribution is 2.24. The minimum Gasteiger partial charge on any atom is -0.465 e. The minimum absolute atomic E-state index is 0.226. The number of nitrogen functional groups attached to an aromatic ring is 1. The predicted octanol–water partition coefficient (Wildman–Crippen LogP) is 5.55. The summed E-state index contributed by atoms with van der Waals surface area (Å²) >= 11 is 0. The second-order valence-corrected chi connectivity index (χ2v) is 8.07. The summed E-state index contributed by atoms with van der Waals surface area (Å²) in [6.45, 7) is 2.04. The zero-order valence-corrected chi connectivity index (χ0v) is 18.7. The number of rotatable bonds is 6. The highest BCUT2D eigenvalue weighted by molar-refractivity contribution is 6.10. The Morgan fingerprint density at radius 1 is 0.879 bits per heavy atom. The first-order chi connectivity index (χ1) is 15.9. The third-order valence-electron chi connectivity index (χ3n) is 5.82. The Morgan fingerprint density at radius 3 is 2.24 bits per heavy atom. The minimum atomic E-state index is -0.333. The van der Waals surface area contributed by atoms with E-state index in [0.29, 0.717) is 16.8 Å². The molecule has 1 amide bonds. The van der Waals surface area contributed by atoms with Gasteiger partial charge >= 0.3 is 5.97 Å². The van der Waals surface area contributed by atoms with Crippen LogP contribution >= 0.6 is 0 Å². The summed E-state index contributed by atoms with van der Waals surface area (Å²) in [5.41, 5.74) is 11.8. The largest absolute Gasteiger partial charge is 0.465 e. The molecule has 4 rings (SSSR count). The van der Waals surface area contributed by atoms with Gasteiger partial charge in [0.05, 0.1) is 18.2 Å². The van der Waals surface area contributed by atoms with Gasteiger partial charge in [-0.25, -0.2) is 4.79 Å². The first-order valence-corrected chi connectivity index (χ1v) is 10.8. The number of esters is 1. The number of carbonyl (C=O) groups is 2. The molecule has 0 heterocycles. The Kier molecular flexibility index (Phi) is 6.41. The van der Waals surface area contributed by atoms with Gasteiger partial charge in [0, 0.05) is 11.4 Å². The number of amides is 1. The summed E-state index contributed by atoms with van der Waals surface area (Å²) in [5.74, 6) is -0.559. The van der Waals surface area contributed by atoms with E-state index in [0.717, 1.165) is 40.4 Å². The molecule has 0 aliphatic heterocycles. The average molecular weight is 439 g/mol. The SMILES string of the molecule is COC(=O)c1ccc(CCc2ccc(NC(=O)c3cc4ccccc4cc3N)cc2C)cc1. The van der Waals surface area contributed by atoms with Crippen molar-refractivity contribution in [2.24, 2.45) is 0 Å². The van der Waals surface area contributed by atoms with Crippen LogP contribution in [0.3, 0.4) is 0 Å². The fourth-order valence-corrected chi connectivity index (χ4v) is 3.91. The van der Waals surface area contributed by atoms with E-state index >= 15 is 0 Å². The smallest absolute Gasteiger partial charge is 0.337 e. The Balaban J connectivity index is 1.43. The van der Waals surface area contributed by atoms with Crippen molar-refractivity contribution in [2.75, 3.05) is 18.2 Å². The highest BCUT2D eigenvalue weighted by Gasteiger charge is 2.12. The third-order valence-corrected chi connectivity index (χ3v) is 5.82. The molecular formula is C28H26N2O3. The van der Waals surface area contributed by atoms with Crippen LogP contribution in [0.15, 0.2) is 78.9 Å². The maximum absolute atomic E-state index is 12.9. The molecule has 166 valence electrons. The van der Waals surface area contributed by atoms with Crippen LogP contribution in [0.5, 0.6) is 0 Å². The van der Waals surface area contributed by atoms with E-state index in [1.807, 2.05) is 73.7 Å². The molecule has 5 nitrogen and oxygen atoms in total. The second kappa shape index (κ2) is 9.57. The van der Waals surface area contributed by atoms with E-state index in [-0.39, 0.29) is 11.9 Å². The number of ether oxygens (including phenoxy) is 1. The summed E-state index contributed by atoms with van der Waals surface area (Å²) in [6, 6.07) is 24.9. The van der Waals surface area contributed by atoms with Crippen molar-refractivity contribution in [1.82, 2.24) is 0 Å². The first kappa shape index (κ1) is 22.1. The van der Waals surface area contributed by atoms with Gasteiger partial charge in [0.1, 0.15) is 0 Å². The van der Waals surface area contributed by atoms with Crippen LogP contribution in [0.2, 0.25) is 0 Å². The van der Waals surface area contributed by atoms with Gasteiger partial charge in [-0.1, -0.05) is 42.5 Å². The number of aryl methyl sites for hydroxylation is 3. The van der Waals surface area contributed by atoms with Crippen molar-refractivity contribution in [3.8, 4) is 0 Å². The molecule has 3 N–H and O–H groups in total. The molecule has 4 aromatic carbocycles. The molecule has 0 radical (unpaired) electrons. The Morgan fingerprint density at radius 2 is 1.58 bits per heavy atom. The second-order valence-electron chi connectivity index (χ2n) is 8.07. The van der Waals surface area contributed by atoms with Gasteiger partial charge in [-0.2, -0.15) is 0 Å². The number of methoxy groups -OCH3 is 1. The van der Waals surface area contributed by atoms with Crippen LogP contribution in [-0.4, -0.2) is 19.0 Å². The topological polar surface area (TPSA) is 81.4 Å². The number of fused-ring (bicyclic) bond motifs is 1. The van der Waals surface area contributed by atoms with E-state index in [1.54, 1.807) is 12.1 Å². The molecule has 0 spiro atoms. The fourth-order valence-electron chi connectivity index (χ4n) is 3.91. The van der Waals surface area contributed by atoms with E-state index < -0.39 is 0 Å². The summed E-state index contributed by atoms with van der Waals surface area (Å²) in [5, 5.41) is 4.95. The Labute approximate surface area is 193 Å². The monoisotopic (exact) mass is 438 g/mol. The number of hydrogen-bond acceptors (Lipinski definition) is 4. The number of hydrogen-bond donors (Lipinski definition) is 2. The molecule has 0 unspecified atom stereocenters. The predicted molar refractivity (Wildman–Crippen MR) is 133 cm³/mol. The van der Waals surface area contributed by atoms with Gasteiger partial charge in [0.2, 0.25) is 0 Å². The van der Waals surface area contributed by atoms with Gasteiger partial charge in [0.15, 0.2) is 0 Å². The zero-order valence-electron chi connectivity index (χ0n) is 18.7. The number of benzene rings is 4. The van der Waals surface area contributed by atoms with Crippen LogP contribution in [0.25, 0.3) is 10.8 Å². The summed E-state index contributed by atoms with van der Waals surface area (Å²) in [7, 11) is 1.38. The molecular weight excluding hydrogens is 412 g/mol. The van der Waals surface area contributed by atoms with E-state index in [2.05, 4.69) is 5.32 Å². The van der Waals surface area contributed by atoms with Gasteiger partial charge < -0.3 is 15.8 Å². The van der Waals surface area contributed by atoms with Crippen LogP contribution < -0.4 is 11.1 Å². The lowest BCUT2D eigenvalue weighted by Gasteiger charge is -2.12. The molecule has 5 heteroatoms. The van der Waals surface area contributed by atoms with Gasteiger partial charge in [-0.15, -0.1) is 0 Å². The molecule has 0 atom stereocenters. The van der Waals surface area contributed by atoms with Crippen LogP contribution in [0.1, 0.15) is 37.4 Å². The molecule has 0 bridgehead atoms. The van der Waals surface area contributed by atoms with Crippen molar-refractivity contribution in [3.63, 3.8) is 0 Å². The van der Waals surface area contributed by atoms with Gasteiger partial charge in [-0.05, 0) is 83.6 Å². The summed E-state index contributed by atoms with van der Waals surface area (Å²) < 4.78 is 4.74. The maximum atomic E-state index is 12.9. The summed E-state index contributed by atoms with van der Waals surface area (Å²) in [6.07, 6.45) is 1.71. The molecule has 0 aromatic heterocycles. The molecule has 0 aliphatic carbocycles. The van der Waals surface area contributed by atoms with Crippen LogP contribution in [-0.2, 0) is 17.6 Å². The number of anilines is 2. The maximum Gasteiger partial charge on any atom is 0.337 e. The normalized spacial score (nSPS) is 10.7. The van der Waals surface area contributed by atoms with E-state index in [4.69, 9.17) is 10.5 Å². The Hall–Kier alpha value is -4.12. The van der Waals surface area contributed by atoms with Gasteiger partial charge in [-0.3, -0.25) is 4.79 Å².